The minimum Gasteiger partial charge on any atom is -0.331 e. The van der Waals surface area contributed by atoms with Crippen LogP contribution in [-0.2, 0) is 0 Å². The molecule has 0 unspecified atom stereocenters. The molecule has 2 aromatic carbocycles. The van der Waals surface area contributed by atoms with Gasteiger partial charge in [-0.2, -0.15) is 0 Å². The Kier molecular flexibility index (Phi) is 3.85. The van der Waals surface area contributed by atoms with E-state index in [-0.39, 0.29) is 0 Å². The third-order valence-corrected chi connectivity index (χ3v) is 4.32. The monoisotopic (exact) mass is 344 g/mol. The maximum atomic E-state index is 4.64. The summed E-state index contributed by atoms with van der Waals surface area (Å²) in [6.45, 7) is 2.09. The van der Waals surface area contributed by atoms with Crippen LogP contribution < -0.4 is 5.32 Å². The van der Waals surface area contributed by atoms with Gasteiger partial charge in [-0.25, -0.2) is 4.98 Å². The zero-order valence-electron chi connectivity index (χ0n) is 10.9. The maximum Gasteiger partial charge on any atom is 0.187 e. The van der Waals surface area contributed by atoms with E-state index in [1.165, 1.54) is 5.56 Å². The van der Waals surface area contributed by atoms with E-state index in [2.05, 4.69) is 62.8 Å². The molecule has 0 aliphatic rings. The summed E-state index contributed by atoms with van der Waals surface area (Å²) in [5, 5.41) is 6.36. The predicted octanol–water partition coefficient (Wildman–Crippen LogP) is 5.62. The second-order valence-electron chi connectivity index (χ2n) is 4.48. The summed E-state index contributed by atoms with van der Waals surface area (Å²) in [4.78, 5) is 4.64. The molecule has 4 heteroatoms. The fourth-order valence-corrected chi connectivity index (χ4v) is 2.91. The molecule has 1 heterocycles. The molecule has 0 saturated heterocycles. The lowest BCUT2D eigenvalue weighted by Gasteiger charge is -2.05. The van der Waals surface area contributed by atoms with Crippen molar-refractivity contribution in [3.05, 3.63) is 63.9 Å². The average Bonchev–Trinajstić information content (AvgIpc) is 2.91. The lowest BCUT2D eigenvalue weighted by atomic mass is 10.2. The van der Waals surface area contributed by atoms with E-state index < -0.39 is 0 Å². The van der Waals surface area contributed by atoms with Crippen molar-refractivity contribution >= 4 is 38.1 Å². The first kappa shape index (κ1) is 13.3. The van der Waals surface area contributed by atoms with Gasteiger partial charge in [-0.05, 0) is 30.7 Å². The summed E-state index contributed by atoms with van der Waals surface area (Å²) in [7, 11) is 0. The number of nitrogens with one attached hydrogen (secondary N) is 1. The fourth-order valence-electron chi connectivity index (χ4n) is 1.91. The van der Waals surface area contributed by atoms with Crippen LogP contribution in [0.15, 0.2) is 58.4 Å². The Hall–Kier alpha value is -1.65. The van der Waals surface area contributed by atoms with Crippen LogP contribution in [0.1, 0.15) is 5.56 Å². The van der Waals surface area contributed by atoms with Crippen LogP contribution in [0.4, 0.5) is 10.8 Å². The standard InChI is InChI=1S/C16H13BrN2S/c1-11-4-2-3-5-14(11)18-16-19-15(10-20-16)12-6-8-13(17)9-7-12/h2-10H,1H3,(H,18,19). The SMILES string of the molecule is Cc1ccccc1Nc1nc(-c2ccc(Br)cc2)cs1. The Morgan fingerprint density at radius 2 is 1.80 bits per heavy atom. The lowest BCUT2D eigenvalue weighted by molar-refractivity contribution is 1.36. The number of benzene rings is 2. The number of anilines is 2. The van der Waals surface area contributed by atoms with E-state index >= 15 is 0 Å². The zero-order valence-corrected chi connectivity index (χ0v) is 13.3. The molecule has 0 aliphatic carbocycles. The molecular weight excluding hydrogens is 332 g/mol. The van der Waals surface area contributed by atoms with Crippen LogP contribution in [0.3, 0.4) is 0 Å². The molecule has 1 aromatic heterocycles. The van der Waals surface area contributed by atoms with Crippen molar-refractivity contribution in [3.8, 4) is 11.3 Å². The molecule has 0 aliphatic heterocycles. The summed E-state index contributed by atoms with van der Waals surface area (Å²) < 4.78 is 1.08. The van der Waals surface area contributed by atoms with Gasteiger partial charge >= 0.3 is 0 Å². The summed E-state index contributed by atoms with van der Waals surface area (Å²) in [6, 6.07) is 16.4. The summed E-state index contributed by atoms with van der Waals surface area (Å²) in [5.41, 5.74) is 4.44. The van der Waals surface area contributed by atoms with Gasteiger partial charge in [-0.15, -0.1) is 11.3 Å². The van der Waals surface area contributed by atoms with E-state index in [0.717, 1.165) is 26.5 Å². The molecule has 100 valence electrons. The summed E-state index contributed by atoms with van der Waals surface area (Å²) >= 11 is 5.06. The molecule has 3 rings (SSSR count). The predicted molar refractivity (Wildman–Crippen MR) is 89.7 cm³/mol. The van der Waals surface area contributed by atoms with E-state index in [0.29, 0.717) is 0 Å². The van der Waals surface area contributed by atoms with Crippen LogP contribution in [0, 0.1) is 6.92 Å². The molecule has 20 heavy (non-hydrogen) atoms. The van der Waals surface area contributed by atoms with E-state index in [4.69, 9.17) is 0 Å². The number of hydrogen-bond acceptors (Lipinski definition) is 3. The maximum absolute atomic E-state index is 4.64. The average molecular weight is 345 g/mol. The summed E-state index contributed by atoms with van der Waals surface area (Å²) in [5.74, 6) is 0. The van der Waals surface area contributed by atoms with Crippen molar-refractivity contribution < 1.29 is 0 Å². The Bertz CT molecular complexity index is 719. The minimum atomic E-state index is 0.914. The number of rotatable bonds is 3. The second kappa shape index (κ2) is 5.77. The first-order valence-corrected chi connectivity index (χ1v) is 7.94. The third kappa shape index (κ3) is 2.92. The first-order valence-electron chi connectivity index (χ1n) is 6.26. The van der Waals surface area contributed by atoms with Gasteiger partial charge in [0.25, 0.3) is 0 Å². The Balaban J connectivity index is 1.84. The molecule has 0 atom stereocenters. The minimum absolute atomic E-state index is 0.914. The van der Waals surface area contributed by atoms with Gasteiger partial charge in [0.2, 0.25) is 0 Å². The van der Waals surface area contributed by atoms with E-state index in [9.17, 15) is 0 Å². The van der Waals surface area contributed by atoms with Crippen LogP contribution in [0.25, 0.3) is 11.3 Å². The van der Waals surface area contributed by atoms with Crippen molar-refractivity contribution in [2.75, 3.05) is 5.32 Å². The van der Waals surface area contributed by atoms with Crippen LogP contribution in [0.5, 0.6) is 0 Å². The molecule has 0 radical (unpaired) electrons. The third-order valence-electron chi connectivity index (χ3n) is 3.03. The van der Waals surface area contributed by atoms with E-state index in [1.807, 2.05) is 24.3 Å². The van der Waals surface area contributed by atoms with Crippen molar-refractivity contribution in [1.29, 1.82) is 0 Å². The molecule has 0 amide bonds. The Labute approximate surface area is 130 Å². The highest BCUT2D eigenvalue weighted by Crippen LogP contribution is 2.28. The molecule has 0 saturated carbocycles. The number of aryl methyl sites for hydroxylation is 1. The molecule has 0 fully saturated rings. The zero-order chi connectivity index (χ0) is 13.9. The second-order valence-corrected chi connectivity index (χ2v) is 6.26. The quantitative estimate of drug-likeness (QED) is 0.666. The van der Waals surface area contributed by atoms with E-state index in [1.54, 1.807) is 11.3 Å². The molecule has 3 aromatic rings. The van der Waals surface area contributed by atoms with Gasteiger partial charge in [0, 0.05) is 21.1 Å². The first-order chi connectivity index (χ1) is 9.72. The van der Waals surface area contributed by atoms with Crippen molar-refractivity contribution in [1.82, 2.24) is 4.98 Å². The smallest absolute Gasteiger partial charge is 0.187 e. The molecular formula is C16H13BrN2S. The molecule has 0 bridgehead atoms. The number of thiazole rings is 1. The van der Waals surface area contributed by atoms with Crippen molar-refractivity contribution in [3.63, 3.8) is 0 Å². The molecule has 2 nitrogen and oxygen atoms in total. The van der Waals surface area contributed by atoms with Crippen molar-refractivity contribution in [2.24, 2.45) is 0 Å². The van der Waals surface area contributed by atoms with Gasteiger partial charge < -0.3 is 5.32 Å². The molecule has 1 N–H and O–H groups in total. The Morgan fingerprint density at radius 1 is 1.05 bits per heavy atom. The van der Waals surface area contributed by atoms with Crippen molar-refractivity contribution in [2.45, 2.75) is 6.92 Å². The normalized spacial score (nSPS) is 10.5. The molecule has 0 spiro atoms. The number of nitrogens with zero attached hydrogens (tertiary/aromatic N) is 1. The van der Waals surface area contributed by atoms with Gasteiger partial charge in [-0.1, -0.05) is 46.3 Å². The largest absolute Gasteiger partial charge is 0.331 e. The summed E-state index contributed by atoms with van der Waals surface area (Å²) in [6.07, 6.45) is 0. The number of halogens is 1. The fraction of sp³-hybridized carbons (Fsp3) is 0.0625. The number of aromatic nitrogens is 1. The van der Waals surface area contributed by atoms with Gasteiger partial charge in [0.1, 0.15) is 0 Å². The number of para-hydroxylation sites is 1. The van der Waals surface area contributed by atoms with Crippen LogP contribution in [-0.4, -0.2) is 4.98 Å². The highest BCUT2D eigenvalue weighted by Gasteiger charge is 2.05. The topological polar surface area (TPSA) is 24.9 Å². The van der Waals surface area contributed by atoms with Crippen LogP contribution >= 0.6 is 27.3 Å². The van der Waals surface area contributed by atoms with Gasteiger partial charge in [0.05, 0.1) is 5.69 Å². The Morgan fingerprint density at radius 3 is 2.55 bits per heavy atom. The highest BCUT2D eigenvalue weighted by atomic mass is 79.9. The van der Waals surface area contributed by atoms with Gasteiger partial charge in [0.15, 0.2) is 5.13 Å². The van der Waals surface area contributed by atoms with Gasteiger partial charge in [-0.3, -0.25) is 0 Å². The highest BCUT2D eigenvalue weighted by molar-refractivity contribution is 9.10. The van der Waals surface area contributed by atoms with Crippen LogP contribution in [0.2, 0.25) is 0 Å². The number of hydrogen-bond donors (Lipinski definition) is 1. The lowest BCUT2D eigenvalue weighted by Crippen LogP contribution is -1.91.